The van der Waals surface area contributed by atoms with E-state index < -0.39 is 17.4 Å². The maximum Gasteiger partial charge on any atom is 0.310 e. The number of hydrogen-bond acceptors (Lipinski definition) is 2. The van der Waals surface area contributed by atoms with Crippen molar-refractivity contribution in [2.75, 3.05) is 0 Å². The van der Waals surface area contributed by atoms with Crippen LogP contribution in [0.25, 0.3) is 0 Å². The van der Waals surface area contributed by atoms with E-state index >= 15 is 0 Å². The van der Waals surface area contributed by atoms with Gasteiger partial charge in [-0.25, -0.2) is 0 Å². The third-order valence-electron chi connectivity index (χ3n) is 4.39. The number of carbonyl (C=O) groups is 2. The molecular weight excluding hydrogens is 280 g/mol. The van der Waals surface area contributed by atoms with Crippen molar-refractivity contribution >= 4 is 11.9 Å². The number of unbranched alkanes of at least 4 members (excludes halogenated alkanes) is 5. The molecule has 1 unspecified atom stereocenters. The van der Waals surface area contributed by atoms with E-state index in [1.807, 2.05) is 0 Å². The van der Waals surface area contributed by atoms with Gasteiger partial charge in [0.2, 0.25) is 0 Å². The summed E-state index contributed by atoms with van der Waals surface area (Å²) in [5, 5.41) is 18.7. The Morgan fingerprint density at radius 1 is 0.909 bits per heavy atom. The van der Waals surface area contributed by atoms with Crippen LogP contribution in [0.15, 0.2) is 0 Å². The van der Waals surface area contributed by atoms with Crippen LogP contribution in [0.3, 0.4) is 0 Å². The Bertz CT molecular complexity index is 325. The molecule has 0 rings (SSSR count). The van der Waals surface area contributed by atoms with Gasteiger partial charge in [-0.2, -0.15) is 0 Å². The van der Waals surface area contributed by atoms with Crippen LogP contribution in [0, 0.1) is 11.3 Å². The third-order valence-corrected chi connectivity index (χ3v) is 4.39. The van der Waals surface area contributed by atoms with Crippen LogP contribution >= 0.6 is 0 Å². The summed E-state index contributed by atoms with van der Waals surface area (Å²) < 4.78 is 0. The highest BCUT2D eigenvalue weighted by Crippen LogP contribution is 2.36. The Hall–Kier alpha value is -1.06. The van der Waals surface area contributed by atoms with Crippen LogP contribution < -0.4 is 0 Å². The van der Waals surface area contributed by atoms with Crippen LogP contribution in [-0.2, 0) is 9.59 Å². The Morgan fingerprint density at radius 2 is 1.45 bits per heavy atom. The zero-order valence-corrected chi connectivity index (χ0v) is 14.6. The molecule has 0 aromatic heterocycles. The average Bonchev–Trinajstić information content (AvgIpc) is 2.41. The molecule has 0 bridgehead atoms. The van der Waals surface area contributed by atoms with E-state index in [1.54, 1.807) is 0 Å². The first kappa shape index (κ1) is 20.9. The molecule has 0 aromatic carbocycles. The molecule has 2 N–H and O–H groups in total. The van der Waals surface area contributed by atoms with Gasteiger partial charge >= 0.3 is 11.9 Å². The number of carboxylic acids is 2. The molecule has 0 heterocycles. The molecule has 1 atom stereocenters. The molecule has 0 fully saturated rings. The molecule has 130 valence electrons. The minimum absolute atomic E-state index is 0.252. The molecular formula is C18H34O4. The second-order valence-electron chi connectivity index (χ2n) is 6.96. The highest BCUT2D eigenvalue weighted by Gasteiger charge is 2.39. The van der Waals surface area contributed by atoms with Gasteiger partial charge in [-0.1, -0.05) is 72.1 Å². The number of carboxylic acid groups (broad SMARTS) is 2. The lowest BCUT2D eigenvalue weighted by Gasteiger charge is -2.28. The van der Waals surface area contributed by atoms with Crippen LogP contribution in [0.1, 0.15) is 91.4 Å². The molecule has 0 saturated carbocycles. The largest absolute Gasteiger partial charge is 0.481 e. The molecule has 0 amide bonds. The van der Waals surface area contributed by atoms with E-state index in [1.165, 1.54) is 12.8 Å². The number of hydrogen-bond donors (Lipinski definition) is 2. The number of rotatable bonds is 14. The first-order valence-corrected chi connectivity index (χ1v) is 8.79. The molecule has 0 aliphatic heterocycles. The Labute approximate surface area is 135 Å². The van der Waals surface area contributed by atoms with Gasteiger partial charge in [0.05, 0.1) is 11.8 Å². The lowest BCUT2D eigenvalue weighted by atomic mass is 9.75. The fraction of sp³-hybridized carbons (Fsp3) is 0.889. The van der Waals surface area contributed by atoms with E-state index in [0.29, 0.717) is 18.8 Å². The van der Waals surface area contributed by atoms with Crippen LogP contribution in [0.5, 0.6) is 0 Å². The van der Waals surface area contributed by atoms with Gasteiger partial charge in [-0.05, 0) is 18.8 Å². The van der Waals surface area contributed by atoms with Crippen molar-refractivity contribution in [3.63, 3.8) is 0 Å². The minimum atomic E-state index is -1.07. The predicted octanol–water partition coefficient (Wildman–Crippen LogP) is 5.11. The quantitative estimate of drug-likeness (QED) is 0.437. The Balaban J connectivity index is 4.43. The normalized spacial score (nSPS) is 14.0. The standard InChI is InChI=1S/C18H34O4/c1-4-5-9-12-18(17(21)22,14-16(19)20)13-10-7-6-8-11-15(2)3/h15H,4-14H2,1-3H3,(H,19,20)(H,21,22). The van der Waals surface area contributed by atoms with Crippen molar-refractivity contribution in [1.29, 1.82) is 0 Å². The summed E-state index contributed by atoms with van der Waals surface area (Å²) in [4.78, 5) is 22.8. The second-order valence-corrected chi connectivity index (χ2v) is 6.96. The highest BCUT2D eigenvalue weighted by atomic mass is 16.4. The average molecular weight is 314 g/mol. The van der Waals surface area contributed by atoms with Crippen molar-refractivity contribution in [2.24, 2.45) is 11.3 Å². The predicted molar refractivity (Wildman–Crippen MR) is 89.0 cm³/mol. The summed E-state index contributed by atoms with van der Waals surface area (Å²) in [5.41, 5.74) is -1.07. The minimum Gasteiger partial charge on any atom is -0.481 e. The van der Waals surface area contributed by atoms with E-state index in [2.05, 4.69) is 20.8 Å². The fourth-order valence-corrected chi connectivity index (χ4v) is 2.96. The highest BCUT2D eigenvalue weighted by molar-refractivity contribution is 5.81. The van der Waals surface area contributed by atoms with Gasteiger partial charge in [-0.3, -0.25) is 9.59 Å². The van der Waals surface area contributed by atoms with E-state index in [9.17, 15) is 14.7 Å². The van der Waals surface area contributed by atoms with Gasteiger partial charge in [-0.15, -0.1) is 0 Å². The summed E-state index contributed by atoms with van der Waals surface area (Å²) >= 11 is 0. The maximum atomic E-state index is 11.7. The zero-order chi connectivity index (χ0) is 17.0. The molecule has 0 radical (unpaired) electrons. The monoisotopic (exact) mass is 314 g/mol. The topological polar surface area (TPSA) is 74.6 Å². The first-order valence-electron chi connectivity index (χ1n) is 8.79. The van der Waals surface area contributed by atoms with Crippen molar-refractivity contribution < 1.29 is 19.8 Å². The van der Waals surface area contributed by atoms with Crippen LogP contribution in [-0.4, -0.2) is 22.2 Å². The van der Waals surface area contributed by atoms with Crippen LogP contribution in [0.4, 0.5) is 0 Å². The lowest BCUT2D eigenvalue weighted by Crippen LogP contribution is -2.33. The summed E-state index contributed by atoms with van der Waals surface area (Å²) in [6.45, 7) is 6.47. The smallest absolute Gasteiger partial charge is 0.310 e. The van der Waals surface area contributed by atoms with E-state index in [-0.39, 0.29) is 6.42 Å². The third kappa shape index (κ3) is 9.06. The second kappa shape index (κ2) is 11.5. The SMILES string of the molecule is CCCCCC(CCCCCCC(C)C)(CC(=O)O)C(=O)O. The van der Waals surface area contributed by atoms with Crippen molar-refractivity contribution in [3.05, 3.63) is 0 Å². The van der Waals surface area contributed by atoms with Gasteiger partial charge < -0.3 is 10.2 Å². The number of aliphatic carboxylic acids is 2. The molecule has 22 heavy (non-hydrogen) atoms. The Morgan fingerprint density at radius 3 is 1.91 bits per heavy atom. The molecule has 4 nitrogen and oxygen atoms in total. The molecule has 0 aromatic rings. The lowest BCUT2D eigenvalue weighted by molar-refractivity contribution is -0.157. The summed E-state index contributed by atoms with van der Waals surface area (Å²) in [6, 6.07) is 0. The van der Waals surface area contributed by atoms with Gasteiger partial charge in [0.25, 0.3) is 0 Å². The molecule has 0 aliphatic carbocycles. The van der Waals surface area contributed by atoms with Crippen LogP contribution in [0.2, 0.25) is 0 Å². The van der Waals surface area contributed by atoms with Gasteiger partial charge in [0.1, 0.15) is 0 Å². The molecule has 4 heteroatoms. The zero-order valence-electron chi connectivity index (χ0n) is 14.6. The van der Waals surface area contributed by atoms with Crippen molar-refractivity contribution in [1.82, 2.24) is 0 Å². The molecule has 0 saturated heterocycles. The Kier molecular flexibility index (Phi) is 10.9. The van der Waals surface area contributed by atoms with E-state index in [0.717, 1.165) is 38.5 Å². The fourth-order valence-electron chi connectivity index (χ4n) is 2.96. The van der Waals surface area contributed by atoms with Crippen molar-refractivity contribution in [3.8, 4) is 0 Å². The van der Waals surface area contributed by atoms with Gasteiger partial charge in [0.15, 0.2) is 0 Å². The summed E-state index contributed by atoms with van der Waals surface area (Å²) in [6.07, 6.45) is 8.77. The van der Waals surface area contributed by atoms with Gasteiger partial charge in [0, 0.05) is 0 Å². The molecule has 0 aliphatic rings. The summed E-state index contributed by atoms with van der Waals surface area (Å²) in [7, 11) is 0. The molecule has 0 spiro atoms. The van der Waals surface area contributed by atoms with Crippen molar-refractivity contribution in [2.45, 2.75) is 91.4 Å². The van der Waals surface area contributed by atoms with E-state index in [4.69, 9.17) is 5.11 Å². The maximum absolute atomic E-state index is 11.7. The first-order chi connectivity index (χ1) is 10.3. The summed E-state index contributed by atoms with van der Waals surface area (Å²) in [5.74, 6) is -1.23.